The Kier molecular flexibility index (Phi) is 12.7. The van der Waals surface area contributed by atoms with E-state index in [0.29, 0.717) is 10.9 Å². The number of amides is 1. The molecule has 2 N–H and O–H groups in total. The van der Waals surface area contributed by atoms with Gasteiger partial charge in [0.2, 0.25) is 6.49 Å². The van der Waals surface area contributed by atoms with Gasteiger partial charge < -0.3 is 14.4 Å². The molecular formula is C11H24N3O4PS3. The summed E-state index contributed by atoms with van der Waals surface area (Å²) < 4.78 is 13.9. The molecule has 0 spiro atoms. The molecular weight excluding hydrogens is 365 g/mol. The first-order valence-corrected chi connectivity index (χ1v) is 11.5. The second-order valence-corrected chi connectivity index (χ2v) is 9.76. The Morgan fingerprint density at radius 2 is 2.05 bits per heavy atom. The number of hydrogen-bond acceptors (Lipinski definition) is 9. The number of carbonyl (C=O) groups excluding carboxylic acids is 1. The van der Waals surface area contributed by atoms with Crippen LogP contribution in [0.15, 0.2) is 5.16 Å². The Balaban J connectivity index is 4.19. The molecule has 0 aliphatic carbocycles. The Morgan fingerprint density at radius 1 is 1.41 bits per heavy atom. The normalized spacial score (nSPS) is 13.8. The van der Waals surface area contributed by atoms with Crippen molar-refractivity contribution in [1.82, 2.24) is 10.0 Å². The Labute approximate surface area is 146 Å². The summed E-state index contributed by atoms with van der Waals surface area (Å²) in [6.45, 7) is 1.45. The molecule has 0 saturated carbocycles. The number of thioether (sulfide) groups is 1. The highest BCUT2D eigenvalue weighted by atomic mass is 32.5. The van der Waals surface area contributed by atoms with Crippen molar-refractivity contribution in [3.63, 3.8) is 0 Å². The third-order valence-corrected chi connectivity index (χ3v) is 7.92. The van der Waals surface area contributed by atoms with E-state index in [-0.39, 0.29) is 5.78 Å². The summed E-state index contributed by atoms with van der Waals surface area (Å²) in [6.07, 6.45) is 3.02. The summed E-state index contributed by atoms with van der Waals surface area (Å²) in [7, 11) is 3.11. The summed E-state index contributed by atoms with van der Waals surface area (Å²) in [6, 6.07) is 0. The number of oxime groups is 1. The van der Waals surface area contributed by atoms with Gasteiger partial charge in [-0.2, -0.15) is 0 Å². The molecule has 11 heteroatoms. The molecule has 0 fully saturated rings. The third kappa shape index (κ3) is 8.71. The zero-order chi connectivity index (χ0) is 17.0. The van der Waals surface area contributed by atoms with Crippen molar-refractivity contribution in [2.45, 2.75) is 32.5 Å². The zero-order valence-corrected chi connectivity index (χ0v) is 16.8. The van der Waals surface area contributed by atoms with Gasteiger partial charge in [0.05, 0.1) is 11.7 Å². The number of carbonyl (C=O) groups is 1. The van der Waals surface area contributed by atoms with E-state index in [4.69, 9.17) is 20.9 Å². The number of nitrogens with one attached hydrogen (secondary N) is 2. The lowest BCUT2D eigenvalue weighted by atomic mass is 10.3. The molecule has 1 amide bonds. The lowest BCUT2D eigenvalue weighted by Gasteiger charge is -2.28. The highest BCUT2D eigenvalue weighted by molar-refractivity contribution is 8.13. The van der Waals surface area contributed by atoms with Crippen LogP contribution in [0.1, 0.15) is 26.7 Å². The largest absolute Gasteiger partial charge is 0.434 e. The van der Waals surface area contributed by atoms with Crippen molar-refractivity contribution in [2.75, 3.05) is 26.4 Å². The van der Waals surface area contributed by atoms with Crippen molar-refractivity contribution in [2.24, 2.45) is 5.16 Å². The topological polar surface area (TPSA) is 81.2 Å². The molecule has 130 valence electrons. The van der Waals surface area contributed by atoms with Gasteiger partial charge in [0.25, 0.3) is 0 Å². The van der Waals surface area contributed by atoms with Crippen LogP contribution in [-0.4, -0.2) is 43.3 Å². The first-order chi connectivity index (χ1) is 10.4. The first kappa shape index (κ1) is 22.2. The molecule has 0 radical (unpaired) electrons. The highest BCUT2D eigenvalue weighted by Gasteiger charge is 2.28. The highest BCUT2D eigenvalue weighted by Crippen LogP contribution is 2.52. The molecule has 7 nitrogen and oxygen atoms in total. The van der Waals surface area contributed by atoms with Gasteiger partial charge in [-0.3, -0.25) is 4.84 Å². The van der Waals surface area contributed by atoms with E-state index in [9.17, 15) is 4.79 Å². The summed E-state index contributed by atoms with van der Waals surface area (Å²) in [5, 5.41) is 6.88. The van der Waals surface area contributed by atoms with E-state index < -0.39 is 12.6 Å². The van der Waals surface area contributed by atoms with Crippen LogP contribution in [0.5, 0.6) is 0 Å². The third-order valence-electron chi connectivity index (χ3n) is 2.51. The van der Waals surface area contributed by atoms with Crippen LogP contribution in [0.4, 0.5) is 4.79 Å². The molecule has 0 bridgehead atoms. The Morgan fingerprint density at radius 3 is 2.55 bits per heavy atom. The van der Waals surface area contributed by atoms with E-state index in [1.165, 1.54) is 23.7 Å². The molecule has 0 saturated heterocycles. The van der Waals surface area contributed by atoms with Crippen molar-refractivity contribution >= 4 is 53.1 Å². The molecule has 0 aromatic rings. The van der Waals surface area contributed by atoms with Gasteiger partial charge in [0, 0.05) is 14.2 Å². The molecule has 0 rings (SSSR count). The predicted octanol–water partition coefficient (Wildman–Crippen LogP) is 3.33. The van der Waals surface area contributed by atoms with Crippen LogP contribution in [0.2, 0.25) is 0 Å². The molecule has 22 heavy (non-hydrogen) atoms. The molecule has 1 atom stereocenters. The number of rotatable bonds is 10. The molecule has 0 aromatic carbocycles. The van der Waals surface area contributed by atoms with Crippen molar-refractivity contribution in [3.8, 4) is 0 Å². The Hall–Kier alpha value is 0.170. The van der Waals surface area contributed by atoms with Gasteiger partial charge in [0.15, 0.2) is 0 Å². The zero-order valence-electron chi connectivity index (χ0n) is 13.5. The molecule has 0 aromatic heterocycles. The lowest BCUT2D eigenvalue weighted by molar-refractivity contribution is 0.153. The van der Waals surface area contributed by atoms with Gasteiger partial charge >= 0.3 is 6.09 Å². The summed E-state index contributed by atoms with van der Waals surface area (Å²) in [4.78, 5) is 16.1. The molecule has 0 aliphatic heterocycles. The van der Waals surface area contributed by atoms with Crippen molar-refractivity contribution in [3.05, 3.63) is 0 Å². The fraction of sp³-hybridized carbons (Fsp3) is 0.818. The van der Waals surface area contributed by atoms with Gasteiger partial charge in [-0.1, -0.05) is 30.4 Å². The predicted molar refractivity (Wildman–Crippen MR) is 98.8 cm³/mol. The standard InChI is InChI=1S/C11H24N3O4PS3/c1-6-7-10(19(20,16-3)17-4)14-22-8-12-11(15)18-13-9(2)21-5/h10,14H,6-8H2,1-5H3,(H,12,15). The van der Waals surface area contributed by atoms with E-state index >= 15 is 0 Å². The second-order valence-electron chi connectivity index (χ2n) is 3.99. The summed E-state index contributed by atoms with van der Waals surface area (Å²) in [5.41, 5.74) is 0. The van der Waals surface area contributed by atoms with Crippen LogP contribution in [0.3, 0.4) is 0 Å². The Bertz CT molecular complexity index is 404. The van der Waals surface area contributed by atoms with Crippen LogP contribution < -0.4 is 10.0 Å². The van der Waals surface area contributed by atoms with Crippen molar-refractivity contribution < 1.29 is 18.7 Å². The summed E-state index contributed by atoms with van der Waals surface area (Å²) in [5.74, 6) is 0.234. The minimum atomic E-state index is -2.37. The maximum absolute atomic E-state index is 11.4. The van der Waals surface area contributed by atoms with Crippen LogP contribution in [0.25, 0.3) is 0 Å². The lowest BCUT2D eigenvalue weighted by Crippen LogP contribution is -2.29. The van der Waals surface area contributed by atoms with Crippen molar-refractivity contribution in [1.29, 1.82) is 0 Å². The molecule has 0 heterocycles. The van der Waals surface area contributed by atoms with Crippen LogP contribution >= 0.6 is 30.2 Å². The quantitative estimate of drug-likeness (QED) is 0.0861. The van der Waals surface area contributed by atoms with Gasteiger partial charge in [-0.15, -0.1) is 11.8 Å². The van der Waals surface area contributed by atoms with Gasteiger partial charge in [0.1, 0.15) is 5.04 Å². The van der Waals surface area contributed by atoms with E-state index in [1.807, 2.05) is 6.26 Å². The fourth-order valence-corrected chi connectivity index (χ4v) is 4.66. The maximum atomic E-state index is 11.4. The fourth-order valence-electron chi connectivity index (χ4n) is 1.29. The van der Waals surface area contributed by atoms with Gasteiger partial charge in [-0.25, -0.2) is 9.52 Å². The van der Waals surface area contributed by atoms with E-state index in [1.54, 1.807) is 21.1 Å². The molecule has 1 unspecified atom stereocenters. The average molecular weight is 390 g/mol. The summed E-state index contributed by atoms with van der Waals surface area (Å²) >= 11 is 8.15. The van der Waals surface area contributed by atoms with E-state index in [0.717, 1.165) is 12.8 Å². The monoisotopic (exact) mass is 389 g/mol. The van der Waals surface area contributed by atoms with Crippen LogP contribution in [-0.2, 0) is 25.7 Å². The SMILES string of the molecule is CCCC(NSCNC(=O)ON=C(C)SC)P(=S)(OC)OC. The smallest absolute Gasteiger partial charge is 0.332 e. The minimum absolute atomic E-state index is 0.0814. The van der Waals surface area contributed by atoms with Gasteiger partial charge in [-0.05, 0) is 31.4 Å². The van der Waals surface area contributed by atoms with E-state index in [2.05, 4.69) is 27.0 Å². The minimum Gasteiger partial charge on any atom is -0.332 e. The second kappa shape index (κ2) is 12.6. The maximum Gasteiger partial charge on any atom is 0.434 e. The average Bonchev–Trinajstić information content (AvgIpc) is 2.54. The van der Waals surface area contributed by atoms with Crippen LogP contribution in [0, 0.1) is 0 Å². The first-order valence-electron chi connectivity index (χ1n) is 6.55. The number of nitrogens with zero attached hydrogens (tertiary/aromatic N) is 1. The molecule has 0 aliphatic rings. The number of hydrogen-bond donors (Lipinski definition) is 2.